The number of halogens is 1. The maximum absolute atomic E-state index is 6.11. The first-order valence-electron chi connectivity index (χ1n) is 7.62. The van der Waals surface area contributed by atoms with Gasteiger partial charge >= 0.3 is 0 Å². The molecule has 0 aromatic rings. The van der Waals surface area contributed by atoms with E-state index in [9.17, 15) is 0 Å². The molecule has 2 saturated carbocycles. The van der Waals surface area contributed by atoms with Crippen molar-refractivity contribution in [2.45, 2.75) is 55.9 Å². The molecular weight excluding hydrogens is 308 g/mol. The van der Waals surface area contributed by atoms with E-state index in [0.29, 0.717) is 29.6 Å². The number of rotatable bonds is 8. The Labute approximate surface area is 125 Å². The van der Waals surface area contributed by atoms with Crippen LogP contribution in [0, 0.1) is 5.41 Å². The predicted molar refractivity (Wildman–Crippen MR) is 79.9 cm³/mol. The molecule has 4 heteroatoms. The highest BCUT2D eigenvalue weighted by molar-refractivity contribution is 9.09. The number of hydrogen-bond acceptors (Lipinski definition) is 3. The van der Waals surface area contributed by atoms with Gasteiger partial charge < -0.3 is 14.2 Å². The summed E-state index contributed by atoms with van der Waals surface area (Å²) in [6.07, 6.45) is 9.51. The predicted octanol–water partition coefficient (Wildman–Crippen LogP) is 3.54. The Morgan fingerprint density at radius 2 is 1.84 bits per heavy atom. The molecule has 112 valence electrons. The summed E-state index contributed by atoms with van der Waals surface area (Å²) in [7, 11) is 1.70. The van der Waals surface area contributed by atoms with Crippen molar-refractivity contribution in [3.8, 4) is 0 Å². The Kier molecular flexibility index (Phi) is 6.60. The van der Waals surface area contributed by atoms with E-state index in [1.165, 1.54) is 38.5 Å². The first-order chi connectivity index (χ1) is 9.29. The van der Waals surface area contributed by atoms with E-state index in [4.69, 9.17) is 14.2 Å². The van der Waals surface area contributed by atoms with Crippen molar-refractivity contribution in [2.75, 3.05) is 33.5 Å². The Hall–Kier alpha value is 0.360. The molecule has 2 rings (SSSR count). The molecule has 0 amide bonds. The maximum Gasteiger partial charge on any atom is 0.0700 e. The molecule has 0 radical (unpaired) electrons. The Bertz CT molecular complexity index is 254. The molecule has 2 atom stereocenters. The lowest BCUT2D eigenvalue weighted by Crippen LogP contribution is -2.56. The summed E-state index contributed by atoms with van der Waals surface area (Å²) in [6, 6.07) is 0. The first-order valence-corrected chi connectivity index (χ1v) is 8.53. The molecule has 3 nitrogen and oxygen atoms in total. The zero-order valence-electron chi connectivity index (χ0n) is 12.0. The van der Waals surface area contributed by atoms with Crippen LogP contribution in [0.5, 0.6) is 0 Å². The van der Waals surface area contributed by atoms with Crippen molar-refractivity contribution >= 4 is 15.9 Å². The number of methoxy groups -OCH3 is 1. The zero-order valence-corrected chi connectivity index (χ0v) is 13.6. The Balaban J connectivity index is 1.58. The molecule has 1 spiro atoms. The van der Waals surface area contributed by atoms with Gasteiger partial charge in [-0.3, -0.25) is 0 Å². The summed E-state index contributed by atoms with van der Waals surface area (Å²) in [6.45, 7) is 2.98. The van der Waals surface area contributed by atoms with Gasteiger partial charge in [-0.05, 0) is 25.7 Å². The molecule has 2 unspecified atom stereocenters. The minimum absolute atomic E-state index is 0.454. The van der Waals surface area contributed by atoms with Crippen LogP contribution in [0.25, 0.3) is 0 Å². The van der Waals surface area contributed by atoms with E-state index < -0.39 is 0 Å². The largest absolute Gasteiger partial charge is 0.382 e. The van der Waals surface area contributed by atoms with Gasteiger partial charge in [0.15, 0.2) is 0 Å². The van der Waals surface area contributed by atoms with Crippen molar-refractivity contribution in [3.05, 3.63) is 0 Å². The molecular formula is C15H27BrO3. The number of ether oxygens (including phenoxy) is 3. The van der Waals surface area contributed by atoms with Gasteiger partial charge in [-0.15, -0.1) is 0 Å². The third-order valence-corrected chi connectivity index (χ3v) is 5.94. The molecule has 0 heterocycles. The molecule has 0 bridgehead atoms. The van der Waals surface area contributed by atoms with Crippen LogP contribution in [-0.4, -0.2) is 44.5 Å². The SMILES string of the molecule is COCCOCCCOC1CC(Br)C12CCCCC2. The van der Waals surface area contributed by atoms with Gasteiger partial charge in [0.2, 0.25) is 0 Å². The van der Waals surface area contributed by atoms with Crippen molar-refractivity contribution in [1.82, 2.24) is 0 Å². The lowest BCUT2D eigenvalue weighted by atomic mass is 9.58. The van der Waals surface area contributed by atoms with E-state index >= 15 is 0 Å². The van der Waals surface area contributed by atoms with Gasteiger partial charge in [0.25, 0.3) is 0 Å². The highest BCUT2D eigenvalue weighted by Gasteiger charge is 2.54. The van der Waals surface area contributed by atoms with E-state index in [1.807, 2.05) is 0 Å². The van der Waals surface area contributed by atoms with E-state index in [0.717, 1.165) is 19.6 Å². The second-order valence-corrected chi connectivity index (χ2v) is 6.92. The summed E-state index contributed by atoms with van der Waals surface area (Å²) in [5, 5.41) is 0. The van der Waals surface area contributed by atoms with Crippen molar-refractivity contribution in [2.24, 2.45) is 5.41 Å². The lowest BCUT2D eigenvalue weighted by Gasteiger charge is -2.55. The van der Waals surface area contributed by atoms with Crippen molar-refractivity contribution in [3.63, 3.8) is 0 Å². The molecule has 0 aromatic carbocycles. The minimum atomic E-state index is 0.454. The number of hydrogen-bond donors (Lipinski definition) is 0. The van der Waals surface area contributed by atoms with E-state index in [2.05, 4.69) is 15.9 Å². The lowest BCUT2D eigenvalue weighted by molar-refractivity contribution is -0.123. The van der Waals surface area contributed by atoms with Gasteiger partial charge in [0.1, 0.15) is 0 Å². The molecule has 19 heavy (non-hydrogen) atoms. The summed E-state index contributed by atoms with van der Waals surface area (Å²) in [5.41, 5.74) is 0.454. The van der Waals surface area contributed by atoms with Crippen LogP contribution in [0.2, 0.25) is 0 Å². The maximum atomic E-state index is 6.11. The third kappa shape index (κ3) is 3.93. The summed E-state index contributed by atoms with van der Waals surface area (Å²) < 4.78 is 16.5. The molecule has 0 saturated heterocycles. The topological polar surface area (TPSA) is 27.7 Å². The van der Waals surface area contributed by atoms with Crippen LogP contribution in [0.15, 0.2) is 0 Å². The average Bonchev–Trinajstić information content (AvgIpc) is 2.46. The molecule has 2 aliphatic carbocycles. The summed E-state index contributed by atoms with van der Waals surface area (Å²) in [4.78, 5) is 0.684. The van der Waals surface area contributed by atoms with E-state index in [1.54, 1.807) is 7.11 Å². The van der Waals surface area contributed by atoms with Crippen LogP contribution in [0.1, 0.15) is 44.9 Å². The van der Waals surface area contributed by atoms with Crippen molar-refractivity contribution < 1.29 is 14.2 Å². The monoisotopic (exact) mass is 334 g/mol. The highest BCUT2D eigenvalue weighted by Crippen LogP contribution is 2.56. The Morgan fingerprint density at radius 1 is 1.05 bits per heavy atom. The molecule has 2 aliphatic rings. The van der Waals surface area contributed by atoms with Gasteiger partial charge in [0.05, 0.1) is 19.3 Å². The second-order valence-electron chi connectivity index (χ2n) is 5.82. The fourth-order valence-electron chi connectivity index (χ4n) is 3.41. The van der Waals surface area contributed by atoms with Gasteiger partial charge in [-0.25, -0.2) is 0 Å². The minimum Gasteiger partial charge on any atom is -0.382 e. The van der Waals surface area contributed by atoms with Crippen LogP contribution in [0.3, 0.4) is 0 Å². The number of alkyl halides is 1. The van der Waals surface area contributed by atoms with Gasteiger partial charge in [-0.1, -0.05) is 35.2 Å². The standard InChI is InChI=1S/C15H27BrO3/c1-17-10-11-18-8-5-9-19-14-12-13(16)15(14)6-3-2-4-7-15/h13-14H,2-12H2,1H3. The van der Waals surface area contributed by atoms with Gasteiger partial charge in [-0.2, -0.15) is 0 Å². The van der Waals surface area contributed by atoms with Crippen LogP contribution < -0.4 is 0 Å². The fourth-order valence-corrected chi connectivity index (χ4v) is 4.50. The quantitative estimate of drug-likeness (QED) is 0.502. The average molecular weight is 335 g/mol. The molecule has 0 N–H and O–H groups in total. The van der Waals surface area contributed by atoms with Crippen LogP contribution in [-0.2, 0) is 14.2 Å². The fraction of sp³-hybridized carbons (Fsp3) is 1.00. The third-order valence-electron chi connectivity index (χ3n) is 4.65. The highest BCUT2D eigenvalue weighted by atomic mass is 79.9. The smallest absolute Gasteiger partial charge is 0.0700 e. The molecule has 0 aromatic heterocycles. The van der Waals surface area contributed by atoms with E-state index in [-0.39, 0.29) is 0 Å². The van der Waals surface area contributed by atoms with Gasteiger partial charge in [0, 0.05) is 30.6 Å². The first kappa shape index (κ1) is 15.7. The Morgan fingerprint density at radius 3 is 2.53 bits per heavy atom. The summed E-state index contributed by atoms with van der Waals surface area (Å²) in [5.74, 6) is 0. The summed E-state index contributed by atoms with van der Waals surface area (Å²) >= 11 is 3.85. The van der Waals surface area contributed by atoms with Crippen LogP contribution in [0.4, 0.5) is 0 Å². The van der Waals surface area contributed by atoms with Crippen molar-refractivity contribution in [1.29, 1.82) is 0 Å². The molecule has 0 aliphatic heterocycles. The zero-order chi connectivity index (χ0) is 13.6. The molecule has 2 fully saturated rings. The van der Waals surface area contributed by atoms with Crippen LogP contribution >= 0.6 is 15.9 Å². The normalized spacial score (nSPS) is 29.4. The second kappa shape index (κ2) is 7.96.